The van der Waals surface area contributed by atoms with E-state index in [1.807, 2.05) is 13.8 Å². The molecule has 1 aromatic heterocycles. The third kappa shape index (κ3) is 4.85. The van der Waals surface area contributed by atoms with Gasteiger partial charge in [0, 0.05) is 22.3 Å². The Hall–Kier alpha value is -3.41. The lowest BCUT2D eigenvalue weighted by atomic mass is 9.91. The molecule has 0 aliphatic rings. The lowest BCUT2D eigenvalue weighted by molar-refractivity contribution is -0.383. The Morgan fingerprint density at radius 3 is 2.48 bits per heavy atom. The molecule has 0 spiro atoms. The zero-order valence-electron chi connectivity index (χ0n) is 16.7. The summed E-state index contributed by atoms with van der Waals surface area (Å²) in [6, 6.07) is 12.7. The predicted molar refractivity (Wildman–Crippen MR) is 121 cm³/mol. The normalized spacial score (nSPS) is 11.5. The van der Waals surface area contributed by atoms with Gasteiger partial charge in [0.05, 0.1) is 16.9 Å². The summed E-state index contributed by atoms with van der Waals surface area (Å²) in [7, 11) is 0. The van der Waals surface area contributed by atoms with E-state index in [-0.39, 0.29) is 17.3 Å². The Bertz CT molecular complexity index is 1160. The number of hydrogen-bond donors (Lipinski definition) is 2. The SMILES string of the molecule is CCNc1ncnc(Nc2cc(Cl)c(C(C#N)c3ccc(Cl)cc3)cc2C)c1[N+](=O)[O-]. The molecule has 0 saturated heterocycles. The largest absolute Gasteiger partial charge is 0.364 e. The van der Waals surface area contributed by atoms with E-state index in [4.69, 9.17) is 23.2 Å². The van der Waals surface area contributed by atoms with Gasteiger partial charge in [0.1, 0.15) is 6.33 Å². The smallest absolute Gasteiger partial charge is 0.353 e. The van der Waals surface area contributed by atoms with Crippen LogP contribution in [0.3, 0.4) is 0 Å². The molecule has 0 fully saturated rings. The summed E-state index contributed by atoms with van der Waals surface area (Å²) in [4.78, 5) is 19.0. The molecule has 0 bridgehead atoms. The second-order valence-electron chi connectivity index (χ2n) is 6.63. The third-order valence-electron chi connectivity index (χ3n) is 4.59. The Labute approximate surface area is 189 Å². The van der Waals surface area contributed by atoms with E-state index in [1.165, 1.54) is 6.33 Å². The van der Waals surface area contributed by atoms with Crippen molar-refractivity contribution in [1.29, 1.82) is 5.26 Å². The molecule has 10 heteroatoms. The molecule has 0 aliphatic heterocycles. The fraction of sp³-hybridized carbons (Fsp3) is 0.190. The second-order valence-corrected chi connectivity index (χ2v) is 7.48. The lowest BCUT2D eigenvalue weighted by Gasteiger charge is -2.16. The fourth-order valence-electron chi connectivity index (χ4n) is 3.11. The molecule has 0 radical (unpaired) electrons. The van der Waals surface area contributed by atoms with Crippen LogP contribution in [0.15, 0.2) is 42.7 Å². The Morgan fingerprint density at radius 1 is 1.19 bits per heavy atom. The van der Waals surface area contributed by atoms with Gasteiger partial charge in [-0.3, -0.25) is 10.1 Å². The molecule has 1 heterocycles. The first kappa shape index (κ1) is 22.3. The summed E-state index contributed by atoms with van der Waals surface area (Å²) in [5, 5.41) is 28.1. The maximum absolute atomic E-state index is 11.6. The summed E-state index contributed by atoms with van der Waals surface area (Å²) in [5.74, 6) is -0.429. The molecule has 31 heavy (non-hydrogen) atoms. The topological polar surface area (TPSA) is 117 Å². The lowest BCUT2D eigenvalue weighted by Crippen LogP contribution is -2.08. The average Bonchev–Trinajstić information content (AvgIpc) is 2.73. The highest BCUT2D eigenvalue weighted by atomic mass is 35.5. The van der Waals surface area contributed by atoms with Crippen LogP contribution in [0.4, 0.5) is 23.0 Å². The van der Waals surface area contributed by atoms with Crippen LogP contribution in [0.5, 0.6) is 0 Å². The van der Waals surface area contributed by atoms with E-state index in [0.29, 0.717) is 27.8 Å². The van der Waals surface area contributed by atoms with Crippen molar-refractivity contribution in [3.63, 3.8) is 0 Å². The minimum Gasteiger partial charge on any atom is -0.364 e. The zero-order chi connectivity index (χ0) is 22.5. The van der Waals surface area contributed by atoms with E-state index in [2.05, 4.69) is 26.7 Å². The summed E-state index contributed by atoms with van der Waals surface area (Å²) >= 11 is 12.5. The quantitative estimate of drug-likeness (QED) is 0.339. The number of nitriles is 1. The van der Waals surface area contributed by atoms with E-state index in [0.717, 1.165) is 11.1 Å². The average molecular weight is 457 g/mol. The number of nitro groups is 1. The number of hydrogen-bond acceptors (Lipinski definition) is 7. The van der Waals surface area contributed by atoms with Crippen molar-refractivity contribution in [2.24, 2.45) is 0 Å². The molecule has 0 aliphatic carbocycles. The van der Waals surface area contributed by atoms with Crippen molar-refractivity contribution in [2.75, 3.05) is 17.2 Å². The van der Waals surface area contributed by atoms with Gasteiger partial charge in [-0.05, 0) is 48.7 Å². The highest BCUT2D eigenvalue weighted by Crippen LogP contribution is 2.37. The van der Waals surface area contributed by atoms with Gasteiger partial charge >= 0.3 is 5.69 Å². The summed E-state index contributed by atoms with van der Waals surface area (Å²) in [6.07, 6.45) is 1.24. The molecule has 1 unspecified atom stereocenters. The number of anilines is 3. The summed E-state index contributed by atoms with van der Waals surface area (Å²) in [6.45, 7) is 4.10. The number of nitrogens with one attached hydrogen (secondary N) is 2. The number of halogens is 2. The van der Waals surface area contributed by atoms with Gasteiger partial charge in [0.2, 0.25) is 11.6 Å². The van der Waals surface area contributed by atoms with Crippen LogP contribution in [-0.4, -0.2) is 21.4 Å². The van der Waals surface area contributed by atoms with Crippen molar-refractivity contribution < 1.29 is 4.92 Å². The molecule has 1 atom stereocenters. The predicted octanol–water partition coefficient (Wildman–Crippen LogP) is 5.83. The molecule has 2 aromatic carbocycles. The minimum atomic E-state index is -0.591. The second kappa shape index (κ2) is 9.60. The monoisotopic (exact) mass is 456 g/mol. The molecule has 3 rings (SSSR count). The van der Waals surface area contributed by atoms with Gasteiger partial charge in [-0.2, -0.15) is 5.26 Å². The molecular weight excluding hydrogens is 439 g/mol. The van der Waals surface area contributed by atoms with E-state index >= 15 is 0 Å². The van der Waals surface area contributed by atoms with Gasteiger partial charge < -0.3 is 10.6 Å². The van der Waals surface area contributed by atoms with Crippen LogP contribution in [0, 0.1) is 28.4 Å². The van der Waals surface area contributed by atoms with Gasteiger partial charge in [-0.1, -0.05) is 41.4 Å². The van der Waals surface area contributed by atoms with Crippen molar-refractivity contribution in [3.8, 4) is 6.07 Å². The minimum absolute atomic E-state index is 0.0393. The Balaban J connectivity index is 2.00. The van der Waals surface area contributed by atoms with Crippen molar-refractivity contribution in [3.05, 3.63) is 79.6 Å². The molecule has 0 saturated carbocycles. The summed E-state index contributed by atoms with van der Waals surface area (Å²) in [5.41, 5.74) is 2.40. The van der Waals surface area contributed by atoms with Crippen molar-refractivity contribution in [1.82, 2.24) is 9.97 Å². The maximum atomic E-state index is 11.6. The Morgan fingerprint density at radius 2 is 1.87 bits per heavy atom. The highest BCUT2D eigenvalue weighted by molar-refractivity contribution is 6.32. The standard InChI is InChI=1S/C21H18Cl2N6O2/c1-3-25-20-19(29(30)31)21(27-11-26-20)28-18-9-17(23)15(8-12(18)2)16(10-24)13-4-6-14(22)7-5-13/h4-9,11,16H,3H2,1-2H3,(H2,25,26,27,28). The molecule has 158 valence electrons. The van der Waals surface area contributed by atoms with Gasteiger partial charge in [-0.25, -0.2) is 9.97 Å². The first-order chi connectivity index (χ1) is 14.8. The number of aryl methyl sites for hydroxylation is 1. The van der Waals surface area contributed by atoms with Gasteiger partial charge in [-0.15, -0.1) is 0 Å². The zero-order valence-corrected chi connectivity index (χ0v) is 18.2. The number of benzene rings is 2. The first-order valence-corrected chi connectivity index (χ1v) is 10.1. The maximum Gasteiger partial charge on any atom is 0.353 e. The highest BCUT2D eigenvalue weighted by Gasteiger charge is 2.24. The van der Waals surface area contributed by atoms with Crippen LogP contribution in [0.25, 0.3) is 0 Å². The van der Waals surface area contributed by atoms with Crippen LogP contribution >= 0.6 is 23.2 Å². The van der Waals surface area contributed by atoms with E-state index < -0.39 is 10.8 Å². The van der Waals surface area contributed by atoms with E-state index in [9.17, 15) is 15.4 Å². The number of rotatable bonds is 7. The molecule has 3 aromatic rings. The van der Waals surface area contributed by atoms with Crippen LogP contribution in [0.2, 0.25) is 10.0 Å². The fourth-order valence-corrected chi connectivity index (χ4v) is 3.50. The number of aromatic nitrogens is 2. The molecule has 8 nitrogen and oxygen atoms in total. The van der Waals surface area contributed by atoms with Crippen LogP contribution < -0.4 is 10.6 Å². The number of nitrogens with zero attached hydrogens (tertiary/aromatic N) is 4. The summed E-state index contributed by atoms with van der Waals surface area (Å²) < 4.78 is 0. The van der Waals surface area contributed by atoms with Crippen molar-refractivity contribution in [2.45, 2.75) is 19.8 Å². The van der Waals surface area contributed by atoms with E-state index in [1.54, 1.807) is 36.4 Å². The van der Waals surface area contributed by atoms with Crippen molar-refractivity contribution >= 4 is 46.2 Å². The third-order valence-corrected chi connectivity index (χ3v) is 5.17. The molecule has 0 amide bonds. The molecule has 2 N–H and O–H groups in total. The van der Waals surface area contributed by atoms with Crippen LogP contribution in [-0.2, 0) is 0 Å². The van der Waals surface area contributed by atoms with Gasteiger partial charge in [0.25, 0.3) is 0 Å². The van der Waals surface area contributed by atoms with Gasteiger partial charge in [0.15, 0.2) is 0 Å². The Kier molecular flexibility index (Phi) is 6.90. The molecular formula is C21H18Cl2N6O2. The van der Waals surface area contributed by atoms with Crippen LogP contribution in [0.1, 0.15) is 29.5 Å². The first-order valence-electron chi connectivity index (χ1n) is 9.31.